The van der Waals surface area contributed by atoms with E-state index in [1.54, 1.807) is 11.0 Å². The van der Waals surface area contributed by atoms with Crippen LogP contribution in [-0.2, 0) is 14.6 Å². The van der Waals surface area contributed by atoms with Gasteiger partial charge in [-0.25, -0.2) is 8.42 Å². The molecule has 0 radical (unpaired) electrons. The molecule has 1 fully saturated rings. The number of nitrogens with zero attached hydrogens (tertiary/aromatic N) is 2. The lowest BCUT2D eigenvalue weighted by Gasteiger charge is -2.37. The fourth-order valence-corrected chi connectivity index (χ4v) is 5.23. The van der Waals surface area contributed by atoms with Gasteiger partial charge in [-0.05, 0) is 43.2 Å². The Balaban J connectivity index is 1.33. The number of ether oxygens (including phenoxy) is 2. The van der Waals surface area contributed by atoms with E-state index < -0.39 is 9.84 Å². The number of fused-ring (bicyclic) bond motifs is 1. The highest BCUT2D eigenvalue weighted by Gasteiger charge is 2.25. The van der Waals surface area contributed by atoms with E-state index in [-0.39, 0.29) is 23.0 Å². The monoisotopic (exact) mass is 444 g/mol. The molecule has 0 spiro atoms. The summed E-state index contributed by atoms with van der Waals surface area (Å²) in [4.78, 5) is 16.9. The summed E-state index contributed by atoms with van der Waals surface area (Å²) >= 11 is 0. The molecule has 7 nitrogen and oxygen atoms in total. The molecule has 2 aromatic carbocycles. The lowest BCUT2D eigenvalue weighted by Crippen LogP contribution is -2.49. The molecule has 1 amide bonds. The maximum absolute atomic E-state index is 12.7. The standard InChI is InChI=1S/C23H28N2O5S/c1-17-4-3-5-20(18(17)2)24-9-11-25(12-10-24)23(26)8-15-31(27,28)19-6-7-21-22(16-19)30-14-13-29-21/h3-7,16H,8-15H2,1-2H3. The van der Waals surface area contributed by atoms with Crippen molar-refractivity contribution in [2.75, 3.05) is 50.0 Å². The molecule has 166 valence electrons. The van der Waals surface area contributed by atoms with Crippen LogP contribution >= 0.6 is 0 Å². The summed E-state index contributed by atoms with van der Waals surface area (Å²) in [5.74, 6) is 0.633. The number of carbonyl (C=O) groups excluding carboxylic acids is 1. The van der Waals surface area contributed by atoms with Crippen LogP contribution in [0.2, 0.25) is 0 Å². The fraction of sp³-hybridized carbons (Fsp3) is 0.435. The lowest BCUT2D eigenvalue weighted by atomic mass is 10.1. The van der Waals surface area contributed by atoms with Gasteiger partial charge < -0.3 is 19.3 Å². The summed E-state index contributed by atoms with van der Waals surface area (Å²) in [7, 11) is -3.59. The molecule has 0 N–H and O–H groups in total. The van der Waals surface area contributed by atoms with Gasteiger partial charge in [0.25, 0.3) is 0 Å². The van der Waals surface area contributed by atoms with E-state index in [0.29, 0.717) is 37.8 Å². The largest absolute Gasteiger partial charge is 0.486 e. The first-order valence-electron chi connectivity index (χ1n) is 10.6. The van der Waals surface area contributed by atoms with Crippen LogP contribution < -0.4 is 14.4 Å². The van der Waals surface area contributed by atoms with Gasteiger partial charge in [0, 0.05) is 44.4 Å². The first-order chi connectivity index (χ1) is 14.8. The number of sulfone groups is 1. The predicted octanol–water partition coefficient (Wildman–Crippen LogP) is 2.59. The van der Waals surface area contributed by atoms with Crippen molar-refractivity contribution in [3.8, 4) is 11.5 Å². The van der Waals surface area contributed by atoms with E-state index in [1.165, 1.54) is 28.9 Å². The number of benzene rings is 2. The van der Waals surface area contributed by atoms with Crippen molar-refractivity contribution in [3.05, 3.63) is 47.5 Å². The first kappa shape index (κ1) is 21.5. The van der Waals surface area contributed by atoms with Gasteiger partial charge in [0.05, 0.1) is 10.6 Å². The summed E-state index contributed by atoms with van der Waals surface area (Å²) < 4.78 is 36.4. The summed E-state index contributed by atoms with van der Waals surface area (Å²) in [5, 5.41) is 0. The molecule has 0 atom stereocenters. The maximum Gasteiger partial charge on any atom is 0.223 e. The Kier molecular flexibility index (Phi) is 6.09. The van der Waals surface area contributed by atoms with Crippen molar-refractivity contribution < 1.29 is 22.7 Å². The number of carbonyl (C=O) groups is 1. The van der Waals surface area contributed by atoms with Crippen LogP contribution in [0.4, 0.5) is 5.69 Å². The minimum Gasteiger partial charge on any atom is -0.486 e. The van der Waals surface area contributed by atoms with E-state index in [2.05, 4.69) is 36.9 Å². The zero-order valence-corrected chi connectivity index (χ0v) is 18.8. The van der Waals surface area contributed by atoms with Crippen LogP contribution in [0.25, 0.3) is 0 Å². The van der Waals surface area contributed by atoms with Gasteiger partial charge in [-0.2, -0.15) is 0 Å². The number of rotatable bonds is 5. The molecule has 0 aliphatic carbocycles. The van der Waals surface area contributed by atoms with Gasteiger partial charge >= 0.3 is 0 Å². The molecule has 8 heteroatoms. The van der Waals surface area contributed by atoms with Crippen molar-refractivity contribution in [1.82, 2.24) is 4.90 Å². The van der Waals surface area contributed by atoms with Gasteiger partial charge in [0.1, 0.15) is 13.2 Å². The number of aryl methyl sites for hydroxylation is 1. The summed E-state index contributed by atoms with van der Waals surface area (Å²) in [6.45, 7) is 7.72. The Morgan fingerprint density at radius 3 is 2.42 bits per heavy atom. The average Bonchev–Trinajstić information content (AvgIpc) is 2.79. The van der Waals surface area contributed by atoms with Crippen molar-refractivity contribution in [1.29, 1.82) is 0 Å². The number of hydrogen-bond donors (Lipinski definition) is 0. The Hall–Kier alpha value is -2.74. The number of hydrogen-bond acceptors (Lipinski definition) is 6. The van der Waals surface area contributed by atoms with Gasteiger partial charge in [0.15, 0.2) is 21.3 Å². The average molecular weight is 445 g/mol. The Bertz CT molecular complexity index is 1080. The molecule has 2 aliphatic heterocycles. The molecular formula is C23H28N2O5S. The smallest absolute Gasteiger partial charge is 0.223 e. The Morgan fingerprint density at radius 1 is 0.968 bits per heavy atom. The molecule has 0 unspecified atom stereocenters. The second-order valence-corrected chi connectivity index (χ2v) is 10.1. The Labute approximate surface area is 183 Å². The number of amides is 1. The van der Waals surface area contributed by atoms with E-state index in [9.17, 15) is 13.2 Å². The van der Waals surface area contributed by atoms with Crippen molar-refractivity contribution in [2.45, 2.75) is 25.2 Å². The second-order valence-electron chi connectivity index (χ2n) is 7.96. The van der Waals surface area contributed by atoms with Crippen LogP contribution in [0.3, 0.4) is 0 Å². The van der Waals surface area contributed by atoms with Gasteiger partial charge in [-0.1, -0.05) is 12.1 Å². The van der Waals surface area contributed by atoms with Crippen molar-refractivity contribution in [2.24, 2.45) is 0 Å². The van der Waals surface area contributed by atoms with E-state index in [4.69, 9.17) is 9.47 Å². The SMILES string of the molecule is Cc1cccc(N2CCN(C(=O)CCS(=O)(=O)c3ccc4c(c3)OCCO4)CC2)c1C. The summed E-state index contributed by atoms with van der Waals surface area (Å²) in [5.41, 5.74) is 3.71. The highest BCUT2D eigenvalue weighted by molar-refractivity contribution is 7.91. The third-order valence-corrected chi connectivity index (χ3v) is 7.72. The van der Waals surface area contributed by atoms with Crippen molar-refractivity contribution >= 4 is 21.4 Å². The van der Waals surface area contributed by atoms with Crippen LogP contribution in [0.5, 0.6) is 11.5 Å². The molecule has 0 aromatic heterocycles. The molecule has 4 rings (SSSR count). The molecule has 2 heterocycles. The number of anilines is 1. The molecule has 2 aromatic rings. The predicted molar refractivity (Wildman–Crippen MR) is 119 cm³/mol. The zero-order valence-electron chi connectivity index (χ0n) is 18.0. The molecule has 2 aliphatic rings. The summed E-state index contributed by atoms with van der Waals surface area (Å²) in [6.07, 6.45) is -0.0275. The van der Waals surface area contributed by atoms with E-state index in [0.717, 1.165) is 13.1 Å². The maximum atomic E-state index is 12.7. The minimum atomic E-state index is -3.59. The van der Waals surface area contributed by atoms with E-state index >= 15 is 0 Å². The topological polar surface area (TPSA) is 76.2 Å². The normalized spacial score (nSPS) is 16.3. The van der Waals surface area contributed by atoms with Gasteiger partial charge in [-0.3, -0.25) is 4.79 Å². The quantitative estimate of drug-likeness (QED) is 0.706. The van der Waals surface area contributed by atoms with Crippen LogP contribution in [-0.4, -0.2) is 64.4 Å². The van der Waals surface area contributed by atoms with Gasteiger partial charge in [0.2, 0.25) is 5.91 Å². The van der Waals surface area contributed by atoms with Crippen LogP contribution in [0, 0.1) is 13.8 Å². The van der Waals surface area contributed by atoms with Gasteiger partial charge in [-0.15, -0.1) is 0 Å². The zero-order chi connectivity index (χ0) is 22.0. The lowest BCUT2D eigenvalue weighted by molar-refractivity contribution is -0.131. The number of piperazine rings is 1. The molecule has 0 bridgehead atoms. The van der Waals surface area contributed by atoms with Crippen LogP contribution in [0.1, 0.15) is 17.5 Å². The second kappa shape index (κ2) is 8.78. The summed E-state index contributed by atoms with van der Waals surface area (Å²) in [6, 6.07) is 10.9. The molecule has 0 saturated carbocycles. The molecule has 1 saturated heterocycles. The third kappa shape index (κ3) is 4.63. The third-order valence-electron chi connectivity index (χ3n) is 6.01. The van der Waals surface area contributed by atoms with Crippen LogP contribution in [0.15, 0.2) is 41.3 Å². The first-order valence-corrected chi connectivity index (χ1v) is 12.2. The van der Waals surface area contributed by atoms with Crippen molar-refractivity contribution in [3.63, 3.8) is 0 Å². The highest BCUT2D eigenvalue weighted by Crippen LogP contribution is 2.32. The molecule has 31 heavy (non-hydrogen) atoms. The highest BCUT2D eigenvalue weighted by atomic mass is 32.2. The molecular weight excluding hydrogens is 416 g/mol. The fourth-order valence-electron chi connectivity index (χ4n) is 3.99. The van der Waals surface area contributed by atoms with E-state index in [1.807, 2.05) is 0 Å². The minimum absolute atomic E-state index is 0.0275. The Morgan fingerprint density at radius 2 is 1.68 bits per heavy atom.